The van der Waals surface area contributed by atoms with Gasteiger partial charge in [-0.05, 0) is 29.8 Å². The summed E-state index contributed by atoms with van der Waals surface area (Å²) in [4.78, 5) is 14.7. The average Bonchev–Trinajstić information content (AvgIpc) is 3.16. The Kier molecular flexibility index (Phi) is 5.55. The zero-order valence-corrected chi connectivity index (χ0v) is 15.6. The summed E-state index contributed by atoms with van der Waals surface area (Å²) in [5.74, 6) is 1.43. The van der Waals surface area contributed by atoms with Crippen molar-refractivity contribution < 1.29 is 27.4 Å². The molecule has 1 heterocycles. The van der Waals surface area contributed by atoms with Gasteiger partial charge in [0.15, 0.2) is 0 Å². The second kappa shape index (κ2) is 7.72. The number of nitrogens with zero attached hydrogens (tertiary/aromatic N) is 1. The molecule has 1 saturated heterocycles. The van der Waals surface area contributed by atoms with Crippen molar-refractivity contribution in [1.29, 1.82) is 0 Å². The summed E-state index contributed by atoms with van der Waals surface area (Å²) in [5.41, 5.74) is 0.341. The van der Waals surface area contributed by atoms with E-state index in [0.29, 0.717) is 34.9 Å². The van der Waals surface area contributed by atoms with Crippen LogP contribution >= 0.6 is 11.8 Å². The standard InChI is InChI=1S/C19H18F3NO3S/c1-25-14-7-8-15(16(11-14)26-2)17(24)23-9-10-27-18(23)12-3-5-13(6-4-12)19(20,21)22/h3-8,11,18H,9-10H2,1-2H3. The highest BCUT2D eigenvalue weighted by atomic mass is 32.2. The Morgan fingerprint density at radius 1 is 1.11 bits per heavy atom. The Morgan fingerprint density at radius 2 is 1.81 bits per heavy atom. The van der Waals surface area contributed by atoms with Crippen molar-refractivity contribution in [1.82, 2.24) is 4.90 Å². The molecule has 8 heteroatoms. The minimum atomic E-state index is -4.38. The fourth-order valence-electron chi connectivity index (χ4n) is 2.92. The van der Waals surface area contributed by atoms with Crippen molar-refractivity contribution in [3.05, 3.63) is 59.2 Å². The highest BCUT2D eigenvalue weighted by Crippen LogP contribution is 2.41. The molecule has 1 aliphatic heterocycles. The zero-order chi connectivity index (χ0) is 19.6. The van der Waals surface area contributed by atoms with Gasteiger partial charge in [-0.3, -0.25) is 4.79 Å². The highest BCUT2D eigenvalue weighted by molar-refractivity contribution is 7.99. The van der Waals surface area contributed by atoms with E-state index < -0.39 is 11.7 Å². The molecule has 2 aromatic carbocycles. The molecule has 4 nitrogen and oxygen atoms in total. The van der Waals surface area contributed by atoms with Crippen LogP contribution < -0.4 is 9.47 Å². The number of carbonyl (C=O) groups excluding carboxylic acids is 1. The first-order chi connectivity index (χ1) is 12.8. The van der Waals surface area contributed by atoms with E-state index in [2.05, 4.69) is 0 Å². The third-order valence-corrected chi connectivity index (χ3v) is 5.57. The van der Waals surface area contributed by atoms with Crippen molar-refractivity contribution in [2.45, 2.75) is 11.6 Å². The Bertz CT molecular complexity index is 824. The number of hydrogen-bond donors (Lipinski definition) is 0. The van der Waals surface area contributed by atoms with Crippen LogP contribution in [0.1, 0.15) is 26.9 Å². The Hall–Kier alpha value is -2.35. The number of thioether (sulfide) groups is 1. The molecule has 0 aromatic heterocycles. The van der Waals surface area contributed by atoms with Gasteiger partial charge in [-0.2, -0.15) is 13.2 Å². The molecule has 144 valence electrons. The molecular formula is C19H18F3NO3S. The van der Waals surface area contributed by atoms with Crippen LogP contribution in [-0.2, 0) is 6.18 Å². The van der Waals surface area contributed by atoms with Crippen LogP contribution in [0.3, 0.4) is 0 Å². The molecule has 2 aromatic rings. The maximum absolute atomic E-state index is 13.0. The van der Waals surface area contributed by atoms with Crippen molar-refractivity contribution in [2.24, 2.45) is 0 Å². The molecule has 0 bridgehead atoms. The van der Waals surface area contributed by atoms with Crippen LogP contribution in [0.25, 0.3) is 0 Å². The lowest BCUT2D eigenvalue weighted by Crippen LogP contribution is -2.30. The number of benzene rings is 2. The van der Waals surface area contributed by atoms with E-state index in [0.717, 1.165) is 12.1 Å². The normalized spacial score (nSPS) is 17.1. The van der Waals surface area contributed by atoms with Gasteiger partial charge in [0, 0.05) is 18.4 Å². The molecular weight excluding hydrogens is 379 g/mol. The molecule has 1 atom stereocenters. The van der Waals surface area contributed by atoms with Gasteiger partial charge in [-0.1, -0.05) is 12.1 Å². The summed E-state index contributed by atoms with van der Waals surface area (Å²) in [7, 11) is 2.99. The van der Waals surface area contributed by atoms with Crippen molar-refractivity contribution in [3.8, 4) is 11.5 Å². The maximum atomic E-state index is 13.0. The van der Waals surface area contributed by atoms with Crippen LogP contribution in [0.5, 0.6) is 11.5 Å². The van der Waals surface area contributed by atoms with E-state index in [1.54, 1.807) is 23.1 Å². The van der Waals surface area contributed by atoms with E-state index in [1.165, 1.54) is 38.1 Å². The summed E-state index contributed by atoms with van der Waals surface area (Å²) in [6, 6.07) is 9.88. The summed E-state index contributed by atoms with van der Waals surface area (Å²) < 4.78 is 48.8. The van der Waals surface area contributed by atoms with E-state index in [9.17, 15) is 18.0 Å². The molecule has 1 fully saturated rings. The maximum Gasteiger partial charge on any atom is 0.416 e. The van der Waals surface area contributed by atoms with E-state index >= 15 is 0 Å². The van der Waals surface area contributed by atoms with Crippen molar-refractivity contribution in [3.63, 3.8) is 0 Å². The third kappa shape index (κ3) is 4.00. The Morgan fingerprint density at radius 3 is 2.41 bits per heavy atom. The van der Waals surface area contributed by atoms with Gasteiger partial charge < -0.3 is 14.4 Å². The fourth-order valence-corrected chi connectivity index (χ4v) is 4.18. The molecule has 0 radical (unpaired) electrons. The summed E-state index contributed by atoms with van der Waals surface area (Å²) >= 11 is 1.52. The molecule has 0 spiro atoms. The van der Waals surface area contributed by atoms with Crippen LogP contribution in [0, 0.1) is 0 Å². The van der Waals surface area contributed by atoms with Gasteiger partial charge in [0.1, 0.15) is 16.9 Å². The highest BCUT2D eigenvalue weighted by Gasteiger charge is 2.34. The van der Waals surface area contributed by atoms with Crippen LogP contribution in [-0.4, -0.2) is 37.3 Å². The van der Waals surface area contributed by atoms with Crippen LogP contribution in [0.2, 0.25) is 0 Å². The second-order valence-corrected chi connectivity index (χ2v) is 7.10. The summed E-state index contributed by atoms with van der Waals surface area (Å²) in [6.45, 7) is 0.504. The number of amides is 1. The van der Waals surface area contributed by atoms with Gasteiger partial charge in [0.25, 0.3) is 5.91 Å². The SMILES string of the molecule is COc1ccc(C(=O)N2CCSC2c2ccc(C(F)(F)F)cc2)c(OC)c1. The van der Waals surface area contributed by atoms with E-state index in [-0.39, 0.29) is 11.3 Å². The van der Waals surface area contributed by atoms with Crippen molar-refractivity contribution in [2.75, 3.05) is 26.5 Å². The number of halogens is 3. The topological polar surface area (TPSA) is 38.8 Å². The van der Waals surface area contributed by atoms with Gasteiger partial charge in [-0.15, -0.1) is 11.8 Å². The quantitative estimate of drug-likeness (QED) is 0.755. The lowest BCUT2D eigenvalue weighted by Gasteiger charge is -2.25. The summed E-state index contributed by atoms with van der Waals surface area (Å²) in [6.07, 6.45) is -4.38. The number of hydrogen-bond acceptors (Lipinski definition) is 4. The van der Waals surface area contributed by atoms with Gasteiger partial charge in [-0.25, -0.2) is 0 Å². The lowest BCUT2D eigenvalue weighted by atomic mass is 10.1. The van der Waals surface area contributed by atoms with Crippen LogP contribution in [0.4, 0.5) is 13.2 Å². The van der Waals surface area contributed by atoms with Gasteiger partial charge >= 0.3 is 6.18 Å². The predicted molar refractivity (Wildman–Crippen MR) is 97.2 cm³/mol. The monoisotopic (exact) mass is 397 g/mol. The molecule has 0 aliphatic carbocycles. The first kappa shape index (κ1) is 19.4. The molecule has 1 aliphatic rings. The van der Waals surface area contributed by atoms with Gasteiger partial charge in [0.2, 0.25) is 0 Å². The summed E-state index contributed by atoms with van der Waals surface area (Å²) in [5, 5.41) is -0.341. The Balaban J connectivity index is 1.87. The third-order valence-electron chi connectivity index (χ3n) is 4.31. The fraction of sp³-hybridized carbons (Fsp3) is 0.316. The van der Waals surface area contributed by atoms with Crippen LogP contribution in [0.15, 0.2) is 42.5 Å². The van der Waals surface area contributed by atoms with E-state index in [4.69, 9.17) is 9.47 Å². The predicted octanol–water partition coefficient (Wildman–Crippen LogP) is 4.61. The molecule has 3 rings (SSSR count). The Labute approximate surface area is 159 Å². The van der Waals surface area contributed by atoms with E-state index in [1.807, 2.05) is 0 Å². The number of carbonyl (C=O) groups is 1. The molecule has 1 amide bonds. The molecule has 0 N–H and O–H groups in total. The molecule has 27 heavy (non-hydrogen) atoms. The molecule has 0 saturated carbocycles. The number of methoxy groups -OCH3 is 2. The zero-order valence-electron chi connectivity index (χ0n) is 14.7. The minimum absolute atomic E-state index is 0.232. The number of alkyl halides is 3. The largest absolute Gasteiger partial charge is 0.497 e. The molecule has 1 unspecified atom stereocenters. The first-order valence-electron chi connectivity index (χ1n) is 8.17. The minimum Gasteiger partial charge on any atom is -0.497 e. The number of ether oxygens (including phenoxy) is 2. The number of rotatable bonds is 4. The smallest absolute Gasteiger partial charge is 0.416 e. The second-order valence-electron chi connectivity index (χ2n) is 5.91. The van der Waals surface area contributed by atoms with Crippen molar-refractivity contribution >= 4 is 17.7 Å². The van der Waals surface area contributed by atoms with Gasteiger partial charge in [0.05, 0.1) is 25.3 Å². The first-order valence-corrected chi connectivity index (χ1v) is 9.22. The average molecular weight is 397 g/mol. The lowest BCUT2D eigenvalue weighted by molar-refractivity contribution is -0.137.